The van der Waals surface area contributed by atoms with Crippen molar-refractivity contribution in [3.8, 4) is 0 Å². The summed E-state index contributed by atoms with van der Waals surface area (Å²) in [5.74, 6) is -1.52. The van der Waals surface area contributed by atoms with E-state index in [1.54, 1.807) is 36.4 Å². The second-order valence-electron chi connectivity index (χ2n) is 6.70. The summed E-state index contributed by atoms with van der Waals surface area (Å²) in [5.41, 5.74) is 2.06. The van der Waals surface area contributed by atoms with Gasteiger partial charge in [0.15, 0.2) is 12.4 Å². The molecule has 1 N–H and O–H groups in total. The van der Waals surface area contributed by atoms with Crippen LogP contribution in [0.15, 0.2) is 72.8 Å². The van der Waals surface area contributed by atoms with E-state index in [1.807, 2.05) is 6.92 Å². The van der Waals surface area contributed by atoms with E-state index in [4.69, 9.17) is 4.74 Å². The van der Waals surface area contributed by atoms with Crippen LogP contribution in [0.1, 0.15) is 36.6 Å². The van der Waals surface area contributed by atoms with Crippen molar-refractivity contribution in [3.63, 3.8) is 0 Å². The molecule has 3 rings (SSSR count). The number of carbonyl (C=O) groups excluding carboxylic acids is 3. The van der Waals surface area contributed by atoms with E-state index in [-0.39, 0.29) is 22.6 Å². The lowest BCUT2D eigenvalue weighted by molar-refractivity contribution is -0.384. The first kappa shape index (κ1) is 21.4. The quantitative estimate of drug-likeness (QED) is 0.266. The number of carbonyl (C=O) groups is 3. The highest BCUT2D eigenvalue weighted by Crippen LogP contribution is 2.16. The zero-order valence-electron chi connectivity index (χ0n) is 16.5. The molecule has 31 heavy (non-hydrogen) atoms. The van der Waals surface area contributed by atoms with Crippen molar-refractivity contribution in [1.29, 1.82) is 0 Å². The number of Topliss-reactive ketones (excluding diaryl/α,β-unsaturated/α-hetero) is 1. The minimum atomic E-state index is -0.702. The fourth-order valence-corrected chi connectivity index (χ4v) is 2.70. The molecule has 8 nitrogen and oxygen atoms in total. The van der Waals surface area contributed by atoms with Gasteiger partial charge < -0.3 is 10.1 Å². The molecule has 0 saturated carbocycles. The van der Waals surface area contributed by atoms with Crippen LogP contribution < -0.4 is 5.32 Å². The molecular weight excluding hydrogens is 400 g/mol. The molecule has 0 aliphatic carbocycles. The van der Waals surface area contributed by atoms with Gasteiger partial charge in [0.25, 0.3) is 11.6 Å². The Balaban J connectivity index is 1.61. The highest BCUT2D eigenvalue weighted by atomic mass is 16.6. The molecule has 0 spiro atoms. The van der Waals surface area contributed by atoms with Gasteiger partial charge in [-0.1, -0.05) is 35.9 Å². The Bertz CT molecular complexity index is 1140. The molecule has 3 aromatic rings. The van der Waals surface area contributed by atoms with Crippen LogP contribution >= 0.6 is 0 Å². The fraction of sp³-hybridized carbons (Fsp3) is 0.0870. The smallest absolute Gasteiger partial charge is 0.338 e. The largest absolute Gasteiger partial charge is 0.454 e. The van der Waals surface area contributed by atoms with Crippen molar-refractivity contribution in [3.05, 3.63) is 105 Å². The van der Waals surface area contributed by atoms with Crippen molar-refractivity contribution >= 4 is 29.0 Å². The summed E-state index contributed by atoms with van der Waals surface area (Å²) in [6.07, 6.45) is 0. The minimum absolute atomic E-state index is 0.124. The van der Waals surface area contributed by atoms with Gasteiger partial charge in [-0.15, -0.1) is 0 Å². The molecule has 0 aliphatic heterocycles. The van der Waals surface area contributed by atoms with Crippen molar-refractivity contribution in [2.75, 3.05) is 11.9 Å². The number of nitro groups is 1. The average molecular weight is 418 g/mol. The molecule has 0 aliphatic rings. The van der Waals surface area contributed by atoms with E-state index in [1.165, 1.54) is 36.4 Å². The molecule has 8 heteroatoms. The van der Waals surface area contributed by atoms with Crippen LogP contribution in [0.3, 0.4) is 0 Å². The molecular formula is C23H18N2O6. The number of nitrogens with one attached hydrogen (secondary N) is 1. The Hall–Kier alpha value is -4.33. The van der Waals surface area contributed by atoms with Gasteiger partial charge in [0.1, 0.15) is 0 Å². The van der Waals surface area contributed by atoms with Crippen molar-refractivity contribution in [2.24, 2.45) is 0 Å². The Morgan fingerprint density at radius 2 is 1.55 bits per heavy atom. The number of hydrogen-bond donors (Lipinski definition) is 1. The number of anilines is 1. The lowest BCUT2D eigenvalue weighted by Gasteiger charge is -2.08. The third-order valence-corrected chi connectivity index (χ3v) is 4.40. The van der Waals surface area contributed by atoms with Crippen LogP contribution in [0.4, 0.5) is 11.4 Å². The molecule has 156 valence electrons. The number of benzene rings is 3. The van der Waals surface area contributed by atoms with Crippen molar-refractivity contribution < 1.29 is 24.0 Å². The van der Waals surface area contributed by atoms with Crippen LogP contribution in [-0.4, -0.2) is 29.2 Å². The van der Waals surface area contributed by atoms with E-state index in [0.717, 1.165) is 5.56 Å². The van der Waals surface area contributed by atoms with Gasteiger partial charge in [0.05, 0.1) is 10.5 Å². The molecule has 3 aromatic carbocycles. The van der Waals surface area contributed by atoms with Gasteiger partial charge in [-0.25, -0.2) is 4.79 Å². The molecule has 0 atom stereocenters. The molecule has 0 heterocycles. The zero-order valence-corrected chi connectivity index (χ0v) is 16.5. The van der Waals surface area contributed by atoms with Gasteiger partial charge in [-0.3, -0.25) is 19.7 Å². The maximum absolute atomic E-state index is 12.3. The highest BCUT2D eigenvalue weighted by molar-refractivity contribution is 6.05. The number of nitro benzene ring substituents is 1. The number of amides is 1. The van der Waals surface area contributed by atoms with Crippen LogP contribution in [0.25, 0.3) is 0 Å². The SMILES string of the molecule is Cc1ccc(C(=O)COC(=O)c2cccc(NC(=O)c3ccc([N+](=O)[O-])cc3)c2)cc1. The third kappa shape index (κ3) is 5.60. The van der Waals surface area contributed by atoms with E-state index in [0.29, 0.717) is 11.3 Å². The summed E-state index contributed by atoms with van der Waals surface area (Å²) in [5, 5.41) is 13.3. The Labute approximate surface area is 177 Å². The summed E-state index contributed by atoms with van der Waals surface area (Å²) in [6, 6.07) is 18.1. The summed E-state index contributed by atoms with van der Waals surface area (Å²) >= 11 is 0. The van der Waals surface area contributed by atoms with Crippen molar-refractivity contribution in [2.45, 2.75) is 6.92 Å². The van der Waals surface area contributed by atoms with Crippen LogP contribution in [0.5, 0.6) is 0 Å². The van der Waals surface area contributed by atoms with Crippen LogP contribution in [0.2, 0.25) is 0 Å². The van der Waals surface area contributed by atoms with Gasteiger partial charge in [-0.2, -0.15) is 0 Å². The molecule has 0 radical (unpaired) electrons. The topological polar surface area (TPSA) is 116 Å². The average Bonchev–Trinajstić information content (AvgIpc) is 2.78. The van der Waals surface area contributed by atoms with Gasteiger partial charge in [-0.05, 0) is 37.3 Å². The number of aryl methyl sites for hydroxylation is 1. The van der Waals surface area contributed by atoms with E-state index >= 15 is 0 Å². The predicted molar refractivity (Wildman–Crippen MR) is 113 cm³/mol. The van der Waals surface area contributed by atoms with E-state index in [9.17, 15) is 24.5 Å². The Kier molecular flexibility index (Phi) is 6.51. The normalized spacial score (nSPS) is 10.2. The first-order chi connectivity index (χ1) is 14.8. The monoisotopic (exact) mass is 418 g/mol. The van der Waals surface area contributed by atoms with Crippen molar-refractivity contribution in [1.82, 2.24) is 0 Å². The number of ether oxygens (including phenoxy) is 1. The van der Waals surface area contributed by atoms with E-state index in [2.05, 4.69) is 5.32 Å². The van der Waals surface area contributed by atoms with E-state index < -0.39 is 23.4 Å². The Morgan fingerprint density at radius 3 is 2.19 bits per heavy atom. The summed E-state index contributed by atoms with van der Waals surface area (Å²) < 4.78 is 5.09. The number of esters is 1. The summed E-state index contributed by atoms with van der Waals surface area (Å²) in [4.78, 5) is 46.9. The standard InChI is InChI=1S/C23H18N2O6/c1-15-5-7-16(8-6-15)21(26)14-31-23(28)18-3-2-4-19(13-18)24-22(27)17-9-11-20(12-10-17)25(29)30/h2-13H,14H2,1H3,(H,24,27). The minimum Gasteiger partial charge on any atom is -0.454 e. The van der Waals surface area contributed by atoms with Crippen LogP contribution in [0, 0.1) is 17.0 Å². The lowest BCUT2D eigenvalue weighted by atomic mass is 10.1. The van der Waals surface area contributed by atoms with Gasteiger partial charge in [0.2, 0.25) is 0 Å². The molecule has 0 aromatic heterocycles. The first-order valence-electron chi connectivity index (χ1n) is 9.26. The van der Waals surface area contributed by atoms with Crippen LogP contribution in [-0.2, 0) is 4.74 Å². The molecule has 1 amide bonds. The number of non-ortho nitro benzene ring substituents is 1. The number of rotatable bonds is 7. The molecule has 0 fully saturated rings. The van der Waals surface area contributed by atoms with Gasteiger partial charge >= 0.3 is 5.97 Å². The summed E-state index contributed by atoms with van der Waals surface area (Å²) in [6.45, 7) is 1.50. The highest BCUT2D eigenvalue weighted by Gasteiger charge is 2.14. The molecule has 0 bridgehead atoms. The zero-order chi connectivity index (χ0) is 22.4. The molecule has 0 saturated heterocycles. The number of ketones is 1. The Morgan fingerprint density at radius 1 is 0.903 bits per heavy atom. The number of hydrogen-bond acceptors (Lipinski definition) is 6. The van der Waals surface area contributed by atoms with Gasteiger partial charge in [0, 0.05) is 28.9 Å². The fourth-order valence-electron chi connectivity index (χ4n) is 2.70. The first-order valence-corrected chi connectivity index (χ1v) is 9.26. The second kappa shape index (κ2) is 9.45. The second-order valence-corrected chi connectivity index (χ2v) is 6.70. The molecule has 0 unspecified atom stereocenters. The lowest BCUT2D eigenvalue weighted by Crippen LogP contribution is -2.15. The number of nitrogens with zero attached hydrogens (tertiary/aromatic N) is 1. The summed E-state index contributed by atoms with van der Waals surface area (Å²) in [7, 11) is 0. The maximum Gasteiger partial charge on any atom is 0.338 e. The maximum atomic E-state index is 12.3. The predicted octanol–water partition coefficient (Wildman–Crippen LogP) is 4.20. The third-order valence-electron chi connectivity index (χ3n) is 4.40.